The Balaban J connectivity index is 2.03. The molecule has 0 aromatic heterocycles. The molecule has 0 aliphatic heterocycles. The van der Waals surface area contributed by atoms with Crippen LogP contribution < -0.4 is 0 Å². The second-order valence-electron chi connectivity index (χ2n) is 4.35. The van der Waals surface area contributed by atoms with E-state index in [1.165, 1.54) is 25.0 Å². The fourth-order valence-electron chi connectivity index (χ4n) is 1.89. The van der Waals surface area contributed by atoms with Crippen LogP contribution in [0.25, 0.3) is 0 Å². The number of halogens is 2. The van der Waals surface area contributed by atoms with Gasteiger partial charge in [-0.2, -0.15) is 5.26 Å². The Morgan fingerprint density at radius 2 is 2.24 bits per heavy atom. The largest absolute Gasteiger partial charge is 0.295 e. The van der Waals surface area contributed by atoms with Crippen LogP contribution in [0.3, 0.4) is 0 Å². The van der Waals surface area contributed by atoms with Gasteiger partial charge in [0.05, 0.1) is 6.07 Å². The van der Waals surface area contributed by atoms with Gasteiger partial charge in [-0.15, -0.1) is 0 Å². The van der Waals surface area contributed by atoms with Gasteiger partial charge in [-0.25, -0.2) is 4.39 Å². The van der Waals surface area contributed by atoms with Crippen LogP contribution in [0.5, 0.6) is 0 Å². The molecule has 0 bridgehead atoms. The highest BCUT2D eigenvalue weighted by atomic mass is 35.5. The van der Waals surface area contributed by atoms with Crippen molar-refractivity contribution in [1.29, 1.82) is 5.26 Å². The van der Waals surface area contributed by atoms with E-state index in [1.807, 2.05) is 0 Å². The molecule has 0 N–H and O–H groups in total. The van der Waals surface area contributed by atoms with Gasteiger partial charge in [0.25, 0.3) is 0 Å². The number of hydrogen-bond donors (Lipinski definition) is 0. The van der Waals surface area contributed by atoms with E-state index in [2.05, 4.69) is 11.0 Å². The topological polar surface area (TPSA) is 27.0 Å². The van der Waals surface area contributed by atoms with Crippen molar-refractivity contribution in [2.24, 2.45) is 0 Å². The van der Waals surface area contributed by atoms with Crippen LogP contribution in [-0.4, -0.2) is 17.5 Å². The summed E-state index contributed by atoms with van der Waals surface area (Å²) in [5.41, 5.74) is 0.929. The predicted molar refractivity (Wildman–Crippen MR) is 65.1 cm³/mol. The molecular weight excluding hydrogens is 239 g/mol. The summed E-state index contributed by atoms with van der Waals surface area (Å²) >= 11 is 6.00. The summed E-state index contributed by atoms with van der Waals surface area (Å²) in [6.45, 7) is 1.46. The van der Waals surface area contributed by atoms with Crippen molar-refractivity contribution in [1.82, 2.24) is 4.90 Å². The fourth-order valence-corrected chi connectivity index (χ4v) is 2.12. The van der Waals surface area contributed by atoms with Gasteiger partial charge >= 0.3 is 0 Å². The fraction of sp³-hybridized carbons (Fsp3) is 0.462. The van der Waals surface area contributed by atoms with E-state index in [1.54, 1.807) is 6.07 Å². The monoisotopic (exact) mass is 252 g/mol. The van der Waals surface area contributed by atoms with Gasteiger partial charge in [0.15, 0.2) is 0 Å². The standard InChI is InChI=1S/C13H14ClFN2/c14-13-8-11(15)3-2-10(13)9-17(7-1-6-16)12-4-5-12/h2-3,8,12H,1,4-5,7,9H2. The summed E-state index contributed by atoms with van der Waals surface area (Å²) in [5.74, 6) is -0.311. The maximum atomic E-state index is 12.9. The zero-order valence-electron chi connectivity index (χ0n) is 9.50. The zero-order chi connectivity index (χ0) is 12.3. The molecule has 2 nitrogen and oxygen atoms in total. The normalized spacial score (nSPS) is 14.9. The van der Waals surface area contributed by atoms with Crippen molar-refractivity contribution in [2.45, 2.75) is 31.8 Å². The first-order chi connectivity index (χ1) is 8.20. The Morgan fingerprint density at radius 3 is 2.82 bits per heavy atom. The molecule has 90 valence electrons. The molecule has 1 aromatic rings. The first kappa shape index (κ1) is 12.3. The Bertz CT molecular complexity index is 438. The van der Waals surface area contributed by atoms with Gasteiger partial charge in [-0.3, -0.25) is 4.90 Å². The molecule has 0 atom stereocenters. The van der Waals surface area contributed by atoms with Gasteiger partial charge in [0.2, 0.25) is 0 Å². The molecule has 1 saturated carbocycles. The maximum Gasteiger partial charge on any atom is 0.124 e. The average Bonchev–Trinajstić information content (AvgIpc) is 3.11. The van der Waals surface area contributed by atoms with Gasteiger partial charge in [-0.1, -0.05) is 17.7 Å². The van der Waals surface area contributed by atoms with Crippen molar-refractivity contribution in [3.05, 3.63) is 34.6 Å². The van der Waals surface area contributed by atoms with E-state index < -0.39 is 0 Å². The molecule has 1 aromatic carbocycles. The molecule has 0 amide bonds. The minimum atomic E-state index is -0.311. The Hall–Kier alpha value is -1.11. The van der Waals surface area contributed by atoms with Gasteiger partial charge in [0, 0.05) is 30.6 Å². The molecule has 1 aliphatic rings. The summed E-state index contributed by atoms with van der Waals surface area (Å²) in [7, 11) is 0. The highest BCUT2D eigenvalue weighted by Gasteiger charge is 2.28. The van der Waals surface area contributed by atoms with Crippen molar-refractivity contribution < 1.29 is 4.39 Å². The quantitative estimate of drug-likeness (QED) is 0.804. The highest BCUT2D eigenvalue weighted by molar-refractivity contribution is 6.31. The maximum absolute atomic E-state index is 12.9. The molecule has 1 fully saturated rings. The SMILES string of the molecule is N#CCCN(Cc1ccc(F)cc1Cl)C1CC1. The summed E-state index contributed by atoms with van der Waals surface area (Å²) in [5, 5.41) is 9.09. The lowest BCUT2D eigenvalue weighted by Crippen LogP contribution is -2.26. The van der Waals surface area contributed by atoms with E-state index in [-0.39, 0.29) is 5.82 Å². The van der Waals surface area contributed by atoms with Crippen LogP contribution in [0.15, 0.2) is 18.2 Å². The van der Waals surface area contributed by atoms with Crippen molar-refractivity contribution >= 4 is 11.6 Å². The van der Waals surface area contributed by atoms with E-state index in [9.17, 15) is 4.39 Å². The number of hydrogen-bond acceptors (Lipinski definition) is 2. The van der Waals surface area contributed by atoms with E-state index in [0.29, 0.717) is 24.0 Å². The second-order valence-corrected chi connectivity index (χ2v) is 4.75. The first-order valence-corrected chi connectivity index (χ1v) is 6.13. The molecule has 2 rings (SSSR count). The van der Waals surface area contributed by atoms with Gasteiger partial charge in [0.1, 0.15) is 5.82 Å². The van der Waals surface area contributed by atoms with E-state index in [0.717, 1.165) is 12.1 Å². The molecule has 0 unspecified atom stereocenters. The van der Waals surface area contributed by atoms with Crippen LogP contribution in [0, 0.1) is 17.1 Å². The predicted octanol–water partition coefficient (Wildman–Crippen LogP) is 3.36. The first-order valence-electron chi connectivity index (χ1n) is 5.75. The van der Waals surface area contributed by atoms with Crippen molar-refractivity contribution in [3.8, 4) is 6.07 Å². The number of nitriles is 1. The summed E-state index contributed by atoms with van der Waals surface area (Å²) < 4.78 is 12.9. The minimum absolute atomic E-state index is 0.311. The number of rotatable bonds is 5. The second kappa shape index (κ2) is 5.48. The van der Waals surface area contributed by atoms with Crippen LogP contribution in [-0.2, 0) is 6.54 Å². The lowest BCUT2D eigenvalue weighted by Gasteiger charge is -2.21. The number of nitrogens with zero attached hydrogens (tertiary/aromatic N) is 2. The minimum Gasteiger partial charge on any atom is -0.295 e. The zero-order valence-corrected chi connectivity index (χ0v) is 10.3. The molecule has 0 saturated heterocycles. The molecule has 4 heteroatoms. The smallest absolute Gasteiger partial charge is 0.124 e. The molecule has 0 spiro atoms. The summed E-state index contributed by atoms with van der Waals surface area (Å²) in [6.07, 6.45) is 2.89. The van der Waals surface area contributed by atoms with Crippen LogP contribution >= 0.6 is 11.6 Å². The Labute approximate surface area is 106 Å². The number of benzene rings is 1. The van der Waals surface area contributed by atoms with Crippen LogP contribution in [0.2, 0.25) is 5.02 Å². The summed E-state index contributed by atoms with van der Waals surface area (Å²) in [6, 6.07) is 7.22. The molecule has 1 aliphatic carbocycles. The third kappa shape index (κ3) is 3.42. The molecular formula is C13H14ClFN2. The van der Waals surface area contributed by atoms with Crippen molar-refractivity contribution in [3.63, 3.8) is 0 Å². The average molecular weight is 253 g/mol. The Kier molecular flexibility index (Phi) is 3.98. The van der Waals surface area contributed by atoms with Crippen molar-refractivity contribution in [2.75, 3.05) is 6.54 Å². The van der Waals surface area contributed by atoms with Crippen LogP contribution in [0.4, 0.5) is 4.39 Å². The highest BCUT2D eigenvalue weighted by Crippen LogP contribution is 2.29. The Morgan fingerprint density at radius 1 is 1.47 bits per heavy atom. The molecule has 17 heavy (non-hydrogen) atoms. The summed E-state index contributed by atoms with van der Waals surface area (Å²) in [4.78, 5) is 2.25. The van der Waals surface area contributed by atoms with E-state index >= 15 is 0 Å². The van der Waals surface area contributed by atoms with Gasteiger partial charge < -0.3 is 0 Å². The van der Waals surface area contributed by atoms with Gasteiger partial charge in [-0.05, 0) is 30.5 Å². The van der Waals surface area contributed by atoms with Crippen LogP contribution in [0.1, 0.15) is 24.8 Å². The third-order valence-corrected chi connectivity index (χ3v) is 3.31. The lowest BCUT2D eigenvalue weighted by molar-refractivity contribution is 0.261. The molecule has 0 radical (unpaired) electrons. The third-order valence-electron chi connectivity index (χ3n) is 2.96. The van der Waals surface area contributed by atoms with E-state index in [4.69, 9.17) is 16.9 Å². The lowest BCUT2D eigenvalue weighted by atomic mass is 10.2. The molecule has 0 heterocycles.